The second-order valence-electron chi connectivity index (χ2n) is 2.24. The Morgan fingerprint density at radius 1 is 1.58 bits per heavy atom. The molecule has 0 aliphatic carbocycles. The molecule has 0 aliphatic rings. The molecule has 0 fully saturated rings. The predicted octanol–water partition coefficient (Wildman–Crippen LogP) is 2.92. The van der Waals surface area contributed by atoms with Gasteiger partial charge in [-0.05, 0) is 18.4 Å². The molecule has 0 amide bonds. The van der Waals surface area contributed by atoms with Gasteiger partial charge in [-0.25, -0.2) is 0 Å². The van der Waals surface area contributed by atoms with E-state index in [0.717, 1.165) is 10.5 Å². The van der Waals surface area contributed by atoms with E-state index < -0.39 is 0 Å². The first-order chi connectivity index (χ1) is 5.83. The maximum absolute atomic E-state index is 8.76. The first-order valence-electron chi connectivity index (χ1n) is 3.53. The summed E-state index contributed by atoms with van der Waals surface area (Å²) in [6, 6.07) is 7.81. The average Bonchev–Trinajstić information content (AvgIpc) is 2.16. The smallest absolute Gasteiger partial charge is 0.0998 e. The topological polar surface area (TPSA) is 23.8 Å². The highest BCUT2D eigenvalue weighted by atomic mass is 32.2. The van der Waals surface area contributed by atoms with Crippen LogP contribution in [0.5, 0.6) is 0 Å². The Labute approximate surface area is 76.7 Å². The summed E-state index contributed by atoms with van der Waals surface area (Å²) in [6.07, 6.45) is 3.72. The zero-order valence-electron chi connectivity index (χ0n) is 6.87. The zero-order valence-corrected chi connectivity index (χ0v) is 7.69. The van der Waals surface area contributed by atoms with Gasteiger partial charge < -0.3 is 0 Å². The lowest BCUT2D eigenvalue weighted by Gasteiger charge is -2.02. The van der Waals surface area contributed by atoms with Gasteiger partial charge in [0.2, 0.25) is 0 Å². The Hall–Kier alpha value is -1.20. The molecule has 60 valence electrons. The molecule has 0 aliphatic heterocycles. The van der Waals surface area contributed by atoms with Gasteiger partial charge in [-0.15, -0.1) is 11.8 Å². The van der Waals surface area contributed by atoms with E-state index in [-0.39, 0.29) is 0 Å². The van der Waals surface area contributed by atoms with Crippen LogP contribution in [0, 0.1) is 11.3 Å². The molecular weight excluding hydrogens is 166 g/mol. The van der Waals surface area contributed by atoms with Gasteiger partial charge in [0.1, 0.15) is 0 Å². The molecular formula is C10H9NS. The quantitative estimate of drug-likeness (QED) is 0.645. The van der Waals surface area contributed by atoms with Crippen LogP contribution in [0.2, 0.25) is 0 Å². The van der Waals surface area contributed by atoms with E-state index in [1.807, 2.05) is 18.4 Å². The van der Waals surface area contributed by atoms with E-state index in [1.54, 1.807) is 23.9 Å². The third-order valence-electron chi connectivity index (χ3n) is 1.61. The summed E-state index contributed by atoms with van der Waals surface area (Å²) < 4.78 is 0. The Balaban J connectivity index is 3.34. The molecule has 0 spiro atoms. The number of nitriles is 1. The first-order valence-corrected chi connectivity index (χ1v) is 4.75. The SMILES string of the molecule is C=Cc1c(C#N)cccc1SC. The number of benzene rings is 1. The monoisotopic (exact) mass is 175 g/mol. The van der Waals surface area contributed by atoms with Crippen molar-refractivity contribution in [1.29, 1.82) is 5.26 Å². The van der Waals surface area contributed by atoms with Crippen molar-refractivity contribution >= 4 is 17.8 Å². The van der Waals surface area contributed by atoms with E-state index in [2.05, 4.69) is 12.6 Å². The zero-order chi connectivity index (χ0) is 8.97. The summed E-state index contributed by atoms with van der Waals surface area (Å²) in [6.45, 7) is 3.68. The fraction of sp³-hybridized carbons (Fsp3) is 0.100. The van der Waals surface area contributed by atoms with E-state index in [0.29, 0.717) is 5.56 Å². The minimum Gasteiger partial charge on any atom is -0.192 e. The molecule has 0 N–H and O–H groups in total. The van der Waals surface area contributed by atoms with Crippen molar-refractivity contribution in [3.8, 4) is 6.07 Å². The van der Waals surface area contributed by atoms with E-state index in [4.69, 9.17) is 5.26 Å². The van der Waals surface area contributed by atoms with E-state index in [1.165, 1.54) is 0 Å². The summed E-state index contributed by atoms with van der Waals surface area (Å²) in [5, 5.41) is 8.76. The van der Waals surface area contributed by atoms with E-state index in [9.17, 15) is 0 Å². The minimum absolute atomic E-state index is 0.692. The third-order valence-corrected chi connectivity index (χ3v) is 2.41. The summed E-state index contributed by atoms with van der Waals surface area (Å²) in [4.78, 5) is 1.10. The van der Waals surface area contributed by atoms with Gasteiger partial charge in [0, 0.05) is 10.5 Å². The van der Waals surface area contributed by atoms with Crippen LogP contribution in [0.15, 0.2) is 29.7 Å². The minimum atomic E-state index is 0.692. The Morgan fingerprint density at radius 2 is 2.33 bits per heavy atom. The fourth-order valence-corrected chi connectivity index (χ4v) is 1.66. The van der Waals surface area contributed by atoms with Crippen molar-refractivity contribution in [1.82, 2.24) is 0 Å². The Kier molecular flexibility index (Phi) is 2.95. The summed E-state index contributed by atoms with van der Waals surface area (Å²) in [5.74, 6) is 0. The lowest BCUT2D eigenvalue weighted by atomic mass is 10.1. The number of thioether (sulfide) groups is 1. The number of rotatable bonds is 2. The number of hydrogen-bond donors (Lipinski definition) is 0. The maximum atomic E-state index is 8.76. The lowest BCUT2D eigenvalue weighted by molar-refractivity contribution is 1.38. The van der Waals surface area contributed by atoms with Crippen LogP contribution in [-0.2, 0) is 0 Å². The molecule has 0 bridgehead atoms. The van der Waals surface area contributed by atoms with Crippen LogP contribution >= 0.6 is 11.8 Å². The normalized spacial score (nSPS) is 9.00. The van der Waals surface area contributed by atoms with Crippen LogP contribution in [0.1, 0.15) is 11.1 Å². The Morgan fingerprint density at radius 3 is 2.83 bits per heavy atom. The highest BCUT2D eigenvalue weighted by Gasteiger charge is 2.02. The molecule has 1 nitrogen and oxygen atoms in total. The molecule has 2 heteroatoms. The summed E-state index contributed by atoms with van der Waals surface area (Å²) in [5.41, 5.74) is 1.63. The molecule has 1 aromatic rings. The van der Waals surface area contributed by atoms with Gasteiger partial charge in [-0.3, -0.25) is 0 Å². The molecule has 0 saturated heterocycles. The fourth-order valence-electron chi connectivity index (χ4n) is 1.03. The Bertz CT molecular complexity index is 336. The molecule has 0 radical (unpaired) electrons. The largest absolute Gasteiger partial charge is 0.192 e. The van der Waals surface area contributed by atoms with Crippen molar-refractivity contribution < 1.29 is 0 Å². The van der Waals surface area contributed by atoms with Gasteiger partial charge in [0.25, 0.3) is 0 Å². The number of nitrogens with zero attached hydrogens (tertiary/aromatic N) is 1. The van der Waals surface area contributed by atoms with Crippen LogP contribution in [-0.4, -0.2) is 6.26 Å². The number of hydrogen-bond acceptors (Lipinski definition) is 2. The van der Waals surface area contributed by atoms with E-state index >= 15 is 0 Å². The molecule has 0 saturated carbocycles. The van der Waals surface area contributed by atoms with Crippen LogP contribution in [0.4, 0.5) is 0 Å². The molecule has 1 rings (SSSR count). The highest BCUT2D eigenvalue weighted by molar-refractivity contribution is 7.98. The van der Waals surface area contributed by atoms with Crippen molar-refractivity contribution in [2.45, 2.75) is 4.90 Å². The van der Waals surface area contributed by atoms with Gasteiger partial charge in [-0.2, -0.15) is 5.26 Å². The van der Waals surface area contributed by atoms with Gasteiger partial charge >= 0.3 is 0 Å². The highest BCUT2D eigenvalue weighted by Crippen LogP contribution is 2.23. The molecule has 1 aromatic carbocycles. The molecule has 0 unspecified atom stereocenters. The maximum Gasteiger partial charge on any atom is 0.0998 e. The van der Waals surface area contributed by atoms with Crippen molar-refractivity contribution in [2.75, 3.05) is 6.26 Å². The lowest BCUT2D eigenvalue weighted by Crippen LogP contribution is -1.84. The second kappa shape index (κ2) is 3.99. The summed E-state index contributed by atoms with van der Waals surface area (Å²) >= 11 is 1.63. The summed E-state index contributed by atoms with van der Waals surface area (Å²) in [7, 11) is 0. The van der Waals surface area contributed by atoms with Crippen molar-refractivity contribution in [2.24, 2.45) is 0 Å². The van der Waals surface area contributed by atoms with Gasteiger partial charge in [-0.1, -0.05) is 18.7 Å². The molecule has 0 heterocycles. The third kappa shape index (κ3) is 1.51. The molecule has 12 heavy (non-hydrogen) atoms. The second-order valence-corrected chi connectivity index (χ2v) is 3.09. The van der Waals surface area contributed by atoms with Gasteiger partial charge in [0.15, 0.2) is 0 Å². The standard InChI is InChI=1S/C10H9NS/c1-3-9-8(7-11)5-4-6-10(9)12-2/h3-6H,1H2,2H3. The van der Waals surface area contributed by atoms with Gasteiger partial charge in [0.05, 0.1) is 11.6 Å². The predicted molar refractivity (Wildman–Crippen MR) is 53.0 cm³/mol. The average molecular weight is 175 g/mol. The van der Waals surface area contributed by atoms with Crippen molar-refractivity contribution in [3.05, 3.63) is 35.9 Å². The van der Waals surface area contributed by atoms with Crippen LogP contribution in [0.3, 0.4) is 0 Å². The van der Waals surface area contributed by atoms with Crippen molar-refractivity contribution in [3.63, 3.8) is 0 Å². The van der Waals surface area contributed by atoms with Crippen LogP contribution < -0.4 is 0 Å². The molecule has 0 aromatic heterocycles. The van der Waals surface area contributed by atoms with Crippen LogP contribution in [0.25, 0.3) is 6.08 Å². The molecule has 0 atom stereocenters. The first kappa shape index (κ1) is 8.89.